The molecule has 0 aliphatic carbocycles. The molecule has 2 radical (unpaired) electrons. The summed E-state index contributed by atoms with van der Waals surface area (Å²) in [5, 5.41) is 0. The van der Waals surface area contributed by atoms with Crippen LogP contribution in [0.15, 0.2) is 11.1 Å². The summed E-state index contributed by atoms with van der Waals surface area (Å²) in [6.07, 6.45) is 4.58. The van der Waals surface area contributed by atoms with Crippen LogP contribution in [-0.4, -0.2) is 49.1 Å². The van der Waals surface area contributed by atoms with E-state index in [0.717, 1.165) is 25.7 Å². The first-order valence-corrected chi connectivity index (χ1v) is 7.68. The minimum atomic E-state index is -0.384. The van der Waals surface area contributed by atoms with Gasteiger partial charge in [0, 0.05) is 11.1 Å². The molecule has 0 aliphatic rings. The normalized spacial score (nSPS) is 11.2. The van der Waals surface area contributed by atoms with E-state index in [2.05, 4.69) is 0 Å². The summed E-state index contributed by atoms with van der Waals surface area (Å²) in [6.45, 7) is 8.58. The van der Waals surface area contributed by atoms with E-state index >= 15 is 0 Å². The molecule has 0 N–H and O–H groups in total. The number of unbranched alkanes of at least 4 members (excludes halogenated alkanes) is 2. The summed E-state index contributed by atoms with van der Waals surface area (Å²) < 4.78 is 10.4. The molecule has 0 bridgehead atoms. The Labute approximate surface area is 145 Å². The van der Waals surface area contributed by atoms with Crippen LogP contribution in [0, 0.1) is 0 Å². The van der Waals surface area contributed by atoms with Gasteiger partial charge >= 0.3 is 35.8 Å². The van der Waals surface area contributed by atoms with Gasteiger partial charge in [-0.05, 0) is 25.7 Å². The molecule has 4 nitrogen and oxygen atoms in total. The van der Waals surface area contributed by atoms with Gasteiger partial charge in [-0.15, -0.1) is 0 Å². The zero-order valence-electron chi connectivity index (χ0n) is 14.0. The van der Waals surface area contributed by atoms with E-state index in [9.17, 15) is 9.59 Å². The maximum atomic E-state index is 12.0. The quantitative estimate of drug-likeness (QED) is 0.243. The van der Waals surface area contributed by atoms with Crippen molar-refractivity contribution >= 4 is 35.8 Å². The molecule has 0 rings (SSSR count). The zero-order valence-corrected chi connectivity index (χ0v) is 18.0. The number of esters is 2. The monoisotopic (exact) mass is 406 g/mol. The number of rotatable bonds is 10. The summed E-state index contributed by atoms with van der Waals surface area (Å²) in [5.41, 5.74) is 0.898. The van der Waals surface area contributed by atoms with Crippen LogP contribution >= 0.6 is 0 Å². The van der Waals surface area contributed by atoms with Crippen molar-refractivity contribution in [2.75, 3.05) is 13.2 Å². The van der Waals surface area contributed by atoms with Crippen LogP contribution in [0.3, 0.4) is 0 Å². The average molecular weight is 405 g/mol. The Morgan fingerprint density at radius 3 is 1.29 bits per heavy atom. The van der Waals surface area contributed by atoms with Gasteiger partial charge in [-0.2, -0.15) is 0 Å². The second-order valence-corrected chi connectivity index (χ2v) is 4.64. The molecule has 0 saturated carbocycles. The van der Waals surface area contributed by atoms with Gasteiger partial charge in [0.25, 0.3) is 0 Å². The number of ether oxygens (including phenoxy) is 2. The van der Waals surface area contributed by atoms with E-state index in [1.165, 1.54) is 0 Å². The SMILES string of the molecule is CCCCOC(=O)/C(CC)=C(/CC)C(=O)OCCCC.[SnH2]. The molecule has 0 saturated heterocycles. The Bertz CT molecular complexity index is 305. The Morgan fingerprint density at radius 2 is 1.05 bits per heavy atom. The first-order valence-electron chi connectivity index (χ1n) is 7.68. The topological polar surface area (TPSA) is 52.6 Å². The Balaban J connectivity index is 0. The van der Waals surface area contributed by atoms with Gasteiger partial charge in [-0.25, -0.2) is 9.59 Å². The van der Waals surface area contributed by atoms with Gasteiger partial charge in [0.15, 0.2) is 0 Å². The fraction of sp³-hybridized carbons (Fsp3) is 0.750. The molecule has 122 valence electrons. The van der Waals surface area contributed by atoms with Gasteiger partial charge in [-0.3, -0.25) is 0 Å². The van der Waals surface area contributed by atoms with E-state index in [-0.39, 0.29) is 35.8 Å². The van der Waals surface area contributed by atoms with E-state index in [4.69, 9.17) is 9.47 Å². The number of carbonyl (C=O) groups is 2. The summed E-state index contributed by atoms with van der Waals surface area (Å²) >= 11 is 0. The minimum absolute atomic E-state index is 0. The van der Waals surface area contributed by atoms with Crippen molar-refractivity contribution in [3.05, 3.63) is 11.1 Å². The van der Waals surface area contributed by atoms with Crippen molar-refractivity contribution in [2.24, 2.45) is 0 Å². The predicted molar refractivity (Wildman–Crippen MR) is 87.9 cm³/mol. The number of hydrogen-bond acceptors (Lipinski definition) is 4. The van der Waals surface area contributed by atoms with Crippen molar-refractivity contribution in [1.29, 1.82) is 0 Å². The molecule has 0 fully saturated rings. The molecule has 0 heterocycles. The Kier molecular flexibility index (Phi) is 15.6. The maximum absolute atomic E-state index is 12.0. The third-order valence-electron chi connectivity index (χ3n) is 3.03. The molecule has 5 heteroatoms. The first kappa shape index (κ1) is 22.8. The summed E-state index contributed by atoms with van der Waals surface area (Å²) in [7, 11) is 0. The van der Waals surface area contributed by atoms with Crippen molar-refractivity contribution in [2.45, 2.75) is 66.2 Å². The fourth-order valence-electron chi connectivity index (χ4n) is 1.75. The molecule has 0 atom stereocenters. The van der Waals surface area contributed by atoms with Crippen molar-refractivity contribution in [3.63, 3.8) is 0 Å². The molecule has 0 aromatic carbocycles. The summed E-state index contributed by atoms with van der Waals surface area (Å²) in [5.74, 6) is -0.768. The third kappa shape index (κ3) is 9.17. The molecule has 0 amide bonds. The average Bonchev–Trinajstić information content (AvgIpc) is 2.44. The summed E-state index contributed by atoms with van der Waals surface area (Å²) in [4.78, 5) is 24.0. The van der Waals surface area contributed by atoms with E-state index in [1.807, 2.05) is 27.7 Å². The van der Waals surface area contributed by atoms with Gasteiger partial charge in [-0.1, -0.05) is 40.5 Å². The van der Waals surface area contributed by atoms with Gasteiger partial charge < -0.3 is 9.47 Å². The van der Waals surface area contributed by atoms with Gasteiger partial charge in [0.2, 0.25) is 0 Å². The predicted octanol–water partition coefficient (Wildman–Crippen LogP) is 2.87. The van der Waals surface area contributed by atoms with Crippen molar-refractivity contribution < 1.29 is 19.1 Å². The molecule has 0 aliphatic heterocycles. The molecule has 0 spiro atoms. The van der Waals surface area contributed by atoms with Crippen LogP contribution in [0.2, 0.25) is 0 Å². The molecular formula is C16H30O4Sn. The van der Waals surface area contributed by atoms with E-state index in [1.54, 1.807) is 0 Å². The molecule has 0 unspecified atom stereocenters. The summed E-state index contributed by atoms with van der Waals surface area (Å²) in [6, 6.07) is 0. The second kappa shape index (κ2) is 14.4. The van der Waals surface area contributed by atoms with Crippen LogP contribution in [-0.2, 0) is 19.1 Å². The molecular weight excluding hydrogens is 375 g/mol. The van der Waals surface area contributed by atoms with E-state index < -0.39 is 0 Å². The Morgan fingerprint density at radius 1 is 0.714 bits per heavy atom. The number of carbonyl (C=O) groups excluding carboxylic acids is 2. The molecule has 0 aromatic rings. The van der Waals surface area contributed by atoms with Gasteiger partial charge in [0.05, 0.1) is 13.2 Å². The molecule has 21 heavy (non-hydrogen) atoms. The second-order valence-electron chi connectivity index (χ2n) is 4.64. The van der Waals surface area contributed by atoms with Crippen LogP contribution in [0.4, 0.5) is 0 Å². The zero-order chi connectivity index (χ0) is 15.4. The first-order chi connectivity index (χ1) is 9.62. The van der Waals surface area contributed by atoms with Crippen molar-refractivity contribution in [3.8, 4) is 0 Å². The van der Waals surface area contributed by atoms with Crippen LogP contribution in [0.25, 0.3) is 0 Å². The fourth-order valence-corrected chi connectivity index (χ4v) is 1.75. The van der Waals surface area contributed by atoms with Crippen LogP contribution in [0.1, 0.15) is 66.2 Å². The van der Waals surface area contributed by atoms with Crippen molar-refractivity contribution in [1.82, 2.24) is 0 Å². The van der Waals surface area contributed by atoms with Crippen LogP contribution in [0.5, 0.6) is 0 Å². The van der Waals surface area contributed by atoms with Gasteiger partial charge in [0.1, 0.15) is 0 Å². The standard InChI is InChI=1S/C16H28O4.Sn.2H/c1-5-9-11-19-15(17)13(7-3)14(8-4)16(18)20-12-10-6-2;;;/h5-12H2,1-4H3;;;/b14-13-;;;. The Hall–Kier alpha value is -0.521. The number of hydrogen-bond donors (Lipinski definition) is 0. The van der Waals surface area contributed by atoms with E-state index in [0.29, 0.717) is 37.2 Å². The third-order valence-corrected chi connectivity index (χ3v) is 3.03. The molecule has 0 aromatic heterocycles. The van der Waals surface area contributed by atoms with Crippen LogP contribution < -0.4 is 0 Å².